The van der Waals surface area contributed by atoms with E-state index in [-0.39, 0.29) is 25.1 Å². The van der Waals surface area contributed by atoms with Gasteiger partial charge in [0.1, 0.15) is 0 Å². The number of halogens is 2. The molecule has 0 aliphatic heterocycles. The van der Waals surface area contributed by atoms with Crippen LogP contribution < -0.4 is 5.32 Å². The third-order valence-electron chi connectivity index (χ3n) is 3.61. The number of aliphatic carboxylic acids is 1. The molecule has 0 radical (unpaired) electrons. The standard InChI is InChI=1S/C13H22F2N2O4/c1-21-7-6-17(8-11(14)15)13(20)16-10-4-2-9(3-5-10)12(18)19/h9-11H,2-8H2,1H3,(H,16,20)(H,18,19). The Morgan fingerprint density at radius 3 is 2.43 bits per heavy atom. The van der Waals surface area contributed by atoms with Crippen LogP contribution in [0.2, 0.25) is 0 Å². The monoisotopic (exact) mass is 308 g/mol. The minimum absolute atomic E-state index is 0.0944. The maximum Gasteiger partial charge on any atom is 0.317 e. The molecule has 8 heteroatoms. The summed E-state index contributed by atoms with van der Waals surface area (Å²) in [4.78, 5) is 23.8. The minimum atomic E-state index is -2.60. The van der Waals surface area contributed by atoms with Crippen molar-refractivity contribution in [2.45, 2.75) is 38.2 Å². The number of urea groups is 1. The molecule has 0 aromatic carbocycles. The maximum absolute atomic E-state index is 12.5. The highest BCUT2D eigenvalue weighted by atomic mass is 19.3. The minimum Gasteiger partial charge on any atom is -0.481 e. The number of nitrogens with one attached hydrogen (secondary N) is 1. The summed E-state index contributed by atoms with van der Waals surface area (Å²) in [6, 6.07) is -0.707. The van der Waals surface area contributed by atoms with Gasteiger partial charge in [-0.15, -0.1) is 0 Å². The van der Waals surface area contributed by atoms with Crippen molar-refractivity contribution in [1.29, 1.82) is 0 Å². The number of carbonyl (C=O) groups excluding carboxylic acids is 1. The van der Waals surface area contributed by atoms with Gasteiger partial charge < -0.3 is 20.1 Å². The normalized spacial score (nSPS) is 22.1. The number of carboxylic acids is 1. The van der Waals surface area contributed by atoms with E-state index in [1.54, 1.807) is 0 Å². The lowest BCUT2D eigenvalue weighted by Crippen LogP contribution is -2.48. The summed E-state index contributed by atoms with van der Waals surface area (Å²) in [5.41, 5.74) is 0. The Labute approximate surface area is 122 Å². The second kappa shape index (κ2) is 8.76. The fourth-order valence-corrected chi connectivity index (χ4v) is 2.39. The van der Waals surface area contributed by atoms with E-state index in [0.717, 1.165) is 4.90 Å². The van der Waals surface area contributed by atoms with Crippen molar-refractivity contribution in [3.8, 4) is 0 Å². The summed E-state index contributed by atoms with van der Waals surface area (Å²) in [7, 11) is 1.44. The smallest absolute Gasteiger partial charge is 0.317 e. The zero-order valence-corrected chi connectivity index (χ0v) is 12.1. The number of hydrogen-bond acceptors (Lipinski definition) is 3. The van der Waals surface area contributed by atoms with Gasteiger partial charge in [-0.3, -0.25) is 4.79 Å². The van der Waals surface area contributed by atoms with Gasteiger partial charge in [0.2, 0.25) is 0 Å². The molecule has 1 aliphatic rings. The summed E-state index contributed by atoms with van der Waals surface area (Å²) < 4.78 is 29.7. The average molecular weight is 308 g/mol. The number of hydrogen-bond donors (Lipinski definition) is 2. The predicted molar refractivity (Wildman–Crippen MR) is 71.4 cm³/mol. The quantitative estimate of drug-likeness (QED) is 0.748. The van der Waals surface area contributed by atoms with Gasteiger partial charge in [0, 0.05) is 19.7 Å². The Balaban J connectivity index is 2.44. The molecule has 6 nitrogen and oxygen atoms in total. The molecular formula is C13H22F2N2O4. The first-order valence-electron chi connectivity index (χ1n) is 6.99. The van der Waals surface area contributed by atoms with Crippen molar-refractivity contribution in [1.82, 2.24) is 10.2 Å². The van der Waals surface area contributed by atoms with Gasteiger partial charge >= 0.3 is 12.0 Å². The number of rotatable bonds is 7. The molecule has 0 aromatic rings. The lowest BCUT2D eigenvalue weighted by Gasteiger charge is -2.30. The van der Waals surface area contributed by atoms with E-state index in [4.69, 9.17) is 9.84 Å². The first-order chi connectivity index (χ1) is 9.93. The van der Waals surface area contributed by atoms with Crippen LogP contribution in [0.25, 0.3) is 0 Å². The highest BCUT2D eigenvalue weighted by Gasteiger charge is 2.28. The van der Waals surface area contributed by atoms with Crippen LogP contribution in [0.3, 0.4) is 0 Å². The summed E-state index contributed by atoms with van der Waals surface area (Å²) in [6.07, 6.45) is -0.513. The summed E-state index contributed by atoms with van der Waals surface area (Å²) >= 11 is 0. The Bertz CT molecular complexity index is 347. The van der Waals surface area contributed by atoms with Gasteiger partial charge in [0.05, 0.1) is 19.1 Å². The van der Waals surface area contributed by atoms with E-state index in [1.165, 1.54) is 7.11 Å². The summed E-state index contributed by atoms with van der Waals surface area (Å²) in [5.74, 6) is -1.19. The lowest BCUT2D eigenvalue weighted by molar-refractivity contribution is -0.142. The van der Waals surface area contributed by atoms with Gasteiger partial charge in [0.15, 0.2) is 0 Å². The van der Waals surface area contributed by atoms with Crippen molar-refractivity contribution >= 4 is 12.0 Å². The van der Waals surface area contributed by atoms with E-state index in [1.807, 2.05) is 0 Å². The Hall–Kier alpha value is -1.44. The molecule has 0 aromatic heterocycles. The number of amides is 2. The Morgan fingerprint density at radius 1 is 1.33 bits per heavy atom. The zero-order valence-electron chi connectivity index (χ0n) is 12.1. The molecule has 1 rings (SSSR count). The number of alkyl halides is 2. The van der Waals surface area contributed by atoms with E-state index < -0.39 is 25.0 Å². The average Bonchev–Trinajstić information content (AvgIpc) is 2.43. The van der Waals surface area contributed by atoms with Gasteiger partial charge in [0.25, 0.3) is 6.43 Å². The van der Waals surface area contributed by atoms with Crippen LogP contribution in [0.5, 0.6) is 0 Å². The summed E-state index contributed by atoms with van der Waals surface area (Å²) in [6.45, 7) is -0.358. The van der Waals surface area contributed by atoms with Crippen LogP contribution in [-0.2, 0) is 9.53 Å². The molecule has 122 valence electrons. The second-order valence-electron chi connectivity index (χ2n) is 5.17. The molecule has 0 heterocycles. The van der Waals surface area contributed by atoms with Crippen LogP contribution in [0.15, 0.2) is 0 Å². The van der Waals surface area contributed by atoms with Crippen LogP contribution in [0.1, 0.15) is 25.7 Å². The van der Waals surface area contributed by atoms with E-state index in [0.29, 0.717) is 25.7 Å². The van der Waals surface area contributed by atoms with E-state index in [9.17, 15) is 18.4 Å². The number of carboxylic acid groups (broad SMARTS) is 1. The van der Waals surface area contributed by atoms with E-state index in [2.05, 4.69) is 5.32 Å². The lowest BCUT2D eigenvalue weighted by atomic mass is 9.86. The SMILES string of the molecule is COCCN(CC(F)F)C(=O)NC1CCC(C(=O)O)CC1. The number of carbonyl (C=O) groups is 2. The molecule has 21 heavy (non-hydrogen) atoms. The van der Waals surface area contributed by atoms with E-state index >= 15 is 0 Å². The molecular weight excluding hydrogens is 286 g/mol. The van der Waals surface area contributed by atoms with Gasteiger partial charge in [-0.1, -0.05) is 0 Å². The Morgan fingerprint density at radius 2 is 1.95 bits per heavy atom. The van der Waals surface area contributed by atoms with Crippen LogP contribution in [0.4, 0.5) is 13.6 Å². The number of nitrogens with zero attached hydrogens (tertiary/aromatic N) is 1. The third kappa shape index (κ3) is 6.24. The largest absolute Gasteiger partial charge is 0.481 e. The Kier molecular flexibility index (Phi) is 7.35. The highest BCUT2D eigenvalue weighted by molar-refractivity contribution is 5.74. The third-order valence-corrected chi connectivity index (χ3v) is 3.61. The summed E-state index contributed by atoms with van der Waals surface area (Å²) in [5, 5.41) is 11.6. The predicted octanol–water partition coefficient (Wildman–Crippen LogP) is 1.55. The fourth-order valence-electron chi connectivity index (χ4n) is 2.39. The molecule has 1 saturated carbocycles. The van der Waals surface area contributed by atoms with Crippen molar-refractivity contribution in [2.75, 3.05) is 26.8 Å². The molecule has 1 fully saturated rings. The maximum atomic E-state index is 12.5. The van der Waals surface area contributed by atoms with Crippen LogP contribution in [0, 0.1) is 5.92 Å². The molecule has 0 unspecified atom stereocenters. The highest BCUT2D eigenvalue weighted by Crippen LogP contribution is 2.24. The van der Waals surface area contributed by atoms with Gasteiger partial charge in [-0.05, 0) is 25.7 Å². The fraction of sp³-hybridized carbons (Fsp3) is 0.846. The molecule has 0 spiro atoms. The van der Waals surface area contributed by atoms with Crippen LogP contribution in [-0.4, -0.2) is 61.3 Å². The number of ether oxygens (including phenoxy) is 1. The zero-order chi connectivity index (χ0) is 15.8. The van der Waals surface area contributed by atoms with Crippen molar-refractivity contribution < 1.29 is 28.2 Å². The molecule has 2 N–H and O–H groups in total. The second-order valence-corrected chi connectivity index (χ2v) is 5.17. The van der Waals surface area contributed by atoms with Crippen LogP contribution >= 0.6 is 0 Å². The molecule has 0 saturated heterocycles. The van der Waals surface area contributed by atoms with Crippen molar-refractivity contribution in [3.05, 3.63) is 0 Å². The molecule has 0 atom stereocenters. The van der Waals surface area contributed by atoms with Crippen molar-refractivity contribution in [3.63, 3.8) is 0 Å². The molecule has 2 amide bonds. The molecule has 1 aliphatic carbocycles. The topological polar surface area (TPSA) is 78.9 Å². The molecule has 0 bridgehead atoms. The van der Waals surface area contributed by atoms with Gasteiger partial charge in [-0.25, -0.2) is 13.6 Å². The first-order valence-corrected chi connectivity index (χ1v) is 6.99. The number of methoxy groups -OCH3 is 1. The first kappa shape index (κ1) is 17.6. The van der Waals surface area contributed by atoms with Gasteiger partial charge in [-0.2, -0.15) is 0 Å². The van der Waals surface area contributed by atoms with Crippen molar-refractivity contribution in [2.24, 2.45) is 5.92 Å².